The van der Waals surface area contributed by atoms with Crippen molar-refractivity contribution in [2.24, 2.45) is 0 Å². The first-order chi connectivity index (χ1) is 12.6. The SMILES string of the molecule is CO[C@@H]1C[C@@H](COc2cccnc2)N(c2ccc(C(=O)N(C)C)cn2)C1. The van der Waals surface area contributed by atoms with Crippen molar-refractivity contribution in [3.05, 3.63) is 48.4 Å². The number of ether oxygens (including phenoxy) is 2. The molecule has 1 saturated heterocycles. The van der Waals surface area contributed by atoms with E-state index in [1.165, 1.54) is 4.90 Å². The van der Waals surface area contributed by atoms with Crippen LogP contribution in [0, 0.1) is 0 Å². The van der Waals surface area contributed by atoms with Crippen molar-refractivity contribution in [3.8, 4) is 5.75 Å². The van der Waals surface area contributed by atoms with Gasteiger partial charge in [0.05, 0.1) is 23.9 Å². The highest BCUT2D eigenvalue weighted by molar-refractivity contribution is 5.93. The van der Waals surface area contributed by atoms with Gasteiger partial charge in [0, 0.05) is 40.1 Å². The highest BCUT2D eigenvalue weighted by atomic mass is 16.5. The smallest absolute Gasteiger partial charge is 0.254 e. The average molecular weight is 356 g/mol. The summed E-state index contributed by atoms with van der Waals surface area (Å²) in [6.07, 6.45) is 6.03. The third-order valence-corrected chi connectivity index (χ3v) is 4.48. The number of carbonyl (C=O) groups excluding carboxylic acids is 1. The minimum atomic E-state index is -0.0586. The van der Waals surface area contributed by atoms with E-state index in [1.807, 2.05) is 24.3 Å². The molecule has 0 radical (unpaired) electrons. The maximum Gasteiger partial charge on any atom is 0.254 e. The van der Waals surface area contributed by atoms with E-state index in [4.69, 9.17) is 9.47 Å². The molecule has 1 fully saturated rings. The zero-order valence-electron chi connectivity index (χ0n) is 15.3. The number of methoxy groups -OCH3 is 1. The third kappa shape index (κ3) is 4.11. The molecule has 1 aliphatic heterocycles. The van der Waals surface area contributed by atoms with Crippen LogP contribution in [0.5, 0.6) is 5.75 Å². The minimum absolute atomic E-state index is 0.0586. The molecular weight excluding hydrogens is 332 g/mol. The number of amides is 1. The summed E-state index contributed by atoms with van der Waals surface area (Å²) in [4.78, 5) is 24.3. The van der Waals surface area contributed by atoms with Crippen LogP contribution < -0.4 is 9.64 Å². The summed E-state index contributed by atoms with van der Waals surface area (Å²) >= 11 is 0. The lowest BCUT2D eigenvalue weighted by atomic mass is 10.2. The van der Waals surface area contributed by atoms with Gasteiger partial charge in [-0.3, -0.25) is 9.78 Å². The molecule has 2 aromatic heterocycles. The molecule has 7 nitrogen and oxygen atoms in total. The molecule has 0 aromatic carbocycles. The fourth-order valence-corrected chi connectivity index (χ4v) is 3.05. The Morgan fingerprint density at radius 3 is 2.77 bits per heavy atom. The number of aromatic nitrogens is 2. The largest absolute Gasteiger partial charge is 0.490 e. The van der Waals surface area contributed by atoms with Crippen LogP contribution in [0.4, 0.5) is 5.82 Å². The fourth-order valence-electron chi connectivity index (χ4n) is 3.05. The molecule has 3 heterocycles. The third-order valence-electron chi connectivity index (χ3n) is 4.48. The van der Waals surface area contributed by atoms with Crippen molar-refractivity contribution < 1.29 is 14.3 Å². The van der Waals surface area contributed by atoms with Crippen LogP contribution in [0.3, 0.4) is 0 Å². The van der Waals surface area contributed by atoms with E-state index in [2.05, 4.69) is 14.9 Å². The van der Waals surface area contributed by atoms with E-state index >= 15 is 0 Å². The van der Waals surface area contributed by atoms with E-state index in [1.54, 1.807) is 39.8 Å². The molecular formula is C19H24N4O3. The van der Waals surface area contributed by atoms with Gasteiger partial charge < -0.3 is 19.3 Å². The van der Waals surface area contributed by atoms with Crippen molar-refractivity contribution in [2.45, 2.75) is 18.6 Å². The molecule has 0 spiro atoms. The highest BCUT2D eigenvalue weighted by Gasteiger charge is 2.33. The number of hydrogen-bond acceptors (Lipinski definition) is 6. The molecule has 0 bridgehead atoms. The lowest BCUT2D eigenvalue weighted by Gasteiger charge is -2.25. The van der Waals surface area contributed by atoms with Crippen molar-refractivity contribution in [3.63, 3.8) is 0 Å². The molecule has 1 aliphatic rings. The Hall–Kier alpha value is -2.67. The quantitative estimate of drug-likeness (QED) is 0.787. The van der Waals surface area contributed by atoms with E-state index in [0.29, 0.717) is 12.2 Å². The van der Waals surface area contributed by atoms with Crippen LogP contribution in [0.2, 0.25) is 0 Å². The summed E-state index contributed by atoms with van der Waals surface area (Å²) < 4.78 is 11.4. The number of anilines is 1. The molecule has 26 heavy (non-hydrogen) atoms. The first-order valence-electron chi connectivity index (χ1n) is 8.58. The van der Waals surface area contributed by atoms with Gasteiger partial charge in [-0.05, 0) is 30.7 Å². The maximum atomic E-state index is 12.0. The molecule has 7 heteroatoms. The Kier molecular flexibility index (Phi) is 5.68. The number of nitrogens with zero attached hydrogens (tertiary/aromatic N) is 4. The van der Waals surface area contributed by atoms with E-state index in [0.717, 1.165) is 24.5 Å². The summed E-state index contributed by atoms with van der Waals surface area (Å²) in [6, 6.07) is 7.57. The van der Waals surface area contributed by atoms with Crippen LogP contribution in [0.25, 0.3) is 0 Å². The van der Waals surface area contributed by atoms with Crippen molar-refractivity contribution in [1.29, 1.82) is 0 Å². The highest BCUT2D eigenvalue weighted by Crippen LogP contribution is 2.26. The molecule has 0 N–H and O–H groups in total. The Morgan fingerprint density at radius 1 is 1.31 bits per heavy atom. The van der Waals surface area contributed by atoms with Crippen molar-refractivity contribution in [2.75, 3.05) is 39.3 Å². The molecule has 3 rings (SSSR count). The molecule has 138 valence electrons. The van der Waals surface area contributed by atoms with Crippen LogP contribution in [0.15, 0.2) is 42.9 Å². The molecule has 0 unspecified atom stereocenters. The standard InChI is InChI=1S/C19H24N4O3/c1-22(2)19(24)14-6-7-18(21-10-14)23-12-17(25-3)9-15(23)13-26-16-5-4-8-20-11-16/h4-8,10-11,15,17H,9,12-13H2,1-3H3/t15-,17+/m0/s1. The molecule has 1 amide bonds. The van der Waals surface area contributed by atoms with Crippen LogP contribution in [-0.4, -0.2) is 67.3 Å². The van der Waals surface area contributed by atoms with Gasteiger partial charge in [0.1, 0.15) is 18.2 Å². The summed E-state index contributed by atoms with van der Waals surface area (Å²) in [5.41, 5.74) is 0.574. The number of rotatable bonds is 6. The Labute approximate surface area is 153 Å². The summed E-state index contributed by atoms with van der Waals surface area (Å²) in [5, 5.41) is 0. The van der Waals surface area contributed by atoms with Gasteiger partial charge in [-0.15, -0.1) is 0 Å². The van der Waals surface area contributed by atoms with E-state index in [-0.39, 0.29) is 18.1 Å². The summed E-state index contributed by atoms with van der Waals surface area (Å²) in [5.74, 6) is 1.50. The van der Waals surface area contributed by atoms with Crippen LogP contribution >= 0.6 is 0 Å². The van der Waals surface area contributed by atoms with Gasteiger partial charge in [0.25, 0.3) is 5.91 Å². The first-order valence-corrected chi connectivity index (χ1v) is 8.58. The minimum Gasteiger partial charge on any atom is -0.490 e. The predicted molar refractivity (Wildman–Crippen MR) is 98.5 cm³/mol. The number of carbonyl (C=O) groups is 1. The normalized spacial score (nSPS) is 19.4. The Morgan fingerprint density at radius 2 is 2.15 bits per heavy atom. The van der Waals surface area contributed by atoms with Gasteiger partial charge in [0.2, 0.25) is 0 Å². The summed E-state index contributed by atoms with van der Waals surface area (Å²) in [6.45, 7) is 1.26. The van der Waals surface area contributed by atoms with Gasteiger partial charge in [0.15, 0.2) is 0 Å². The number of pyridine rings is 2. The Bertz CT molecular complexity index is 721. The lowest BCUT2D eigenvalue weighted by Crippen LogP contribution is -2.35. The van der Waals surface area contributed by atoms with E-state index in [9.17, 15) is 4.79 Å². The summed E-state index contributed by atoms with van der Waals surface area (Å²) in [7, 11) is 5.18. The molecule has 2 aromatic rings. The van der Waals surface area contributed by atoms with Crippen molar-refractivity contribution in [1.82, 2.24) is 14.9 Å². The van der Waals surface area contributed by atoms with Gasteiger partial charge in [-0.1, -0.05) is 0 Å². The van der Waals surface area contributed by atoms with Crippen molar-refractivity contribution >= 4 is 11.7 Å². The number of hydrogen-bond donors (Lipinski definition) is 0. The molecule has 2 atom stereocenters. The second kappa shape index (κ2) is 8.14. The van der Waals surface area contributed by atoms with Gasteiger partial charge in [-0.25, -0.2) is 4.98 Å². The van der Waals surface area contributed by atoms with Gasteiger partial charge in [-0.2, -0.15) is 0 Å². The predicted octanol–water partition coefficient (Wildman–Crippen LogP) is 1.85. The average Bonchev–Trinajstić information content (AvgIpc) is 3.10. The lowest BCUT2D eigenvalue weighted by molar-refractivity contribution is 0.0827. The zero-order valence-corrected chi connectivity index (χ0v) is 15.3. The second-order valence-electron chi connectivity index (χ2n) is 6.50. The van der Waals surface area contributed by atoms with Crippen LogP contribution in [0.1, 0.15) is 16.8 Å². The van der Waals surface area contributed by atoms with Crippen LogP contribution in [-0.2, 0) is 4.74 Å². The Balaban J connectivity index is 1.72. The zero-order chi connectivity index (χ0) is 18.5. The second-order valence-corrected chi connectivity index (χ2v) is 6.50. The van der Waals surface area contributed by atoms with E-state index < -0.39 is 0 Å². The monoisotopic (exact) mass is 356 g/mol. The topological polar surface area (TPSA) is 67.8 Å². The maximum absolute atomic E-state index is 12.0. The fraction of sp³-hybridized carbons (Fsp3) is 0.421. The first kappa shape index (κ1) is 18.1. The molecule has 0 saturated carbocycles. The van der Waals surface area contributed by atoms with Gasteiger partial charge >= 0.3 is 0 Å². The molecule has 0 aliphatic carbocycles.